The van der Waals surface area contributed by atoms with Gasteiger partial charge in [0.05, 0.1) is 0 Å². The van der Waals surface area contributed by atoms with Gasteiger partial charge in [0.2, 0.25) is 0 Å². The lowest BCUT2D eigenvalue weighted by Crippen LogP contribution is -2.21. The van der Waals surface area contributed by atoms with E-state index >= 15 is 0 Å². The number of carbonyl (C=O) groups excluding carboxylic acids is 1. The van der Waals surface area contributed by atoms with Crippen molar-refractivity contribution >= 4 is 22.7 Å². The molecule has 0 aliphatic heterocycles. The fraction of sp³-hybridized carbons (Fsp3) is 0.750. The second-order valence-electron chi connectivity index (χ2n) is 3.43. The third-order valence-corrected chi connectivity index (χ3v) is 2.44. The maximum absolute atomic E-state index is 10.7. The largest absolute Gasteiger partial charge is 0.379 e. The molecule has 0 bridgehead atoms. The molecular weight excluding hydrogens is 172 g/mol. The van der Waals surface area contributed by atoms with Gasteiger partial charge in [0, 0.05) is 11.2 Å². The van der Waals surface area contributed by atoms with E-state index in [2.05, 4.69) is 0 Å². The summed E-state index contributed by atoms with van der Waals surface area (Å²) in [7, 11) is 0. The van der Waals surface area contributed by atoms with Crippen LogP contribution in [0.3, 0.4) is 0 Å². The van der Waals surface area contributed by atoms with E-state index in [9.17, 15) is 4.79 Å². The molecule has 70 valence electrons. The van der Waals surface area contributed by atoms with E-state index in [0.717, 1.165) is 6.42 Å². The van der Waals surface area contributed by atoms with Crippen LogP contribution in [0.2, 0.25) is 0 Å². The van der Waals surface area contributed by atoms with Crippen LogP contribution in [0.15, 0.2) is 0 Å². The fourth-order valence-corrected chi connectivity index (χ4v) is 1.63. The lowest BCUT2D eigenvalue weighted by molar-refractivity contribution is -0.117. The van der Waals surface area contributed by atoms with Crippen molar-refractivity contribution in [3.8, 4) is 0 Å². The van der Waals surface area contributed by atoms with Crippen LogP contribution in [-0.4, -0.2) is 15.7 Å². The highest BCUT2D eigenvalue weighted by molar-refractivity contribution is 8.14. The SMILES string of the molecule is CC(=O)CCC(C)(C)SC(=N)N. The number of Topliss-reactive ketones (excluding diaryl/α,β-unsaturated/α-hetero) is 1. The van der Waals surface area contributed by atoms with Crippen LogP contribution in [0.1, 0.15) is 33.6 Å². The van der Waals surface area contributed by atoms with Gasteiger partial charge in [-0.05, 0) is 13.3 Å². The Bertz CT molecular complexity index is 189. The molecule has 3 nitrogen and oxygen atoms in total. The van der Waals surface area contributed by atoms with Gasteiger partial charge >= 0.3 is 0 Å². The number of carbonyl (C=O) groups is 1. The number of thioether (sulfide) groups is 1. The molecule has 0 heterocycles. The first kappa shape index (κ1) is 11.5. The zero-order chi connectivity index (χ0) is 9.78. The van der Waals surface area contributed by atoms with E-state index in [0.29, 0.717) is 6.42 Å². The van der Waals surface area contributed by atoms with Crippen molar-refractivity contribution in [1.29, 1.82) is 5.41 Å². The molecule has 0 aromatic carbocycles. The van der Waals surface area contributed by atoms with Gasteiger partial charge in [-0.1, -0.05) is 25.6 Å². The van der Waals surface area contributed by atoms with Gasteiger partial charge in [0.15, 0.2) is 5.17 Å². The number of rotatable bonds is 4. The van der Waals surface area contributed by atoms with Crippen LogP contribution in [0, 0.1) is 5.41 Å². The number of hydrogen-bond donors (Lipinski definition) is 2. The zero-order valence-corrected chi connectivity index (χ0v) is 8.62. The smallest absolute Gasteiger partial charge is 0.151 e. The van der Waals surface area contributed by atoms with Crippen molar-refractivity contribution in [2.75, 3.05) is 0 Å². The Hall–Kier alpha value is -0.510. The molecule has 0 fully saturated rings. The van der Waals surface area contributed by atoms with Gasteiger partial charge in [0.1, 0.15) is 5.78 Å². The van der Waals surface area contributed by atoms with Crippen LogP contribution in [0.5, 0.6) is 0 Å². The number of ketones is 1. The molecule has 3 N–H and O–H groups in total. The summed E-state index contributed by atoms with van der Waals surface area (Å²) in [5.41, 5.74) is 5.25. The normalized spacial score (nSPS) is 11.2. The number of amidine groups is 1. The van der Waals surface area contributed by atoms with Crippen LogP contribution < -0.4 is 5.73 Å². The van der Waals surface area contributed by atoms with Gasteiger partial charge in [-0.25, -0.2) is 0 Å². The van der Waals surface area contributed by atoms with Gasteiger partial charge in [-0.15, -0.1) is 0 Å². The van der Waals surface area contributed by atoms with Crippen molar-refractivity contribution in [2.24, 2.45) is 5.73 Å². The summed E-state index contributed by atoms with van der Waals surface area (Å²) in [5, 5.41) is 7.21. The highest BCUT2D eigenvalue weighted by Gasteiger charge is 2.20. The molecule has 12 heavy (non-hydrogen) atoms. The maximum Gasteiger partial charge on any atom is 0.151 e. The summed E-state index contributed by atoms with van der Waals surface area (Å²) >= 11 is 1.31. The van der Waals surface area contributed by atoms with E-state index in [4.69, 9.17) is 11.1 Å². The molecule has 0 aromatic heterocycles. The molecule has 0 rings (SSSR count). The van der Waals surface area contributed by atoms with E-state index in [1.807, 2.05) is 13.8 Å². The van der Waals surface area contributed by atoms with E-state index in [-0.39, 0.29) is 15.7 Å². The first-order valence-corrected chi connectivity index (χ1v) is 4.67. The second-order valence-corrected chi connectivity index (χ2v) is 5.18. The zero-order valence-electron chi connectivity index (χ0n) is 7.81. The maximum atomic E-state index is 10.7. The summed E-state index contributed by atoms with van der Waals surface area (Å²) in [6.07, 6.45) is 1.33. The third kappa shape index (κ3) is 6.22. The Morgan fingerprint density at radius 3 is 2.42 bits per heavy atom. The second kappa shape index (κ2) is 4.50. The minimum absolute atomic E-state index is 0.0997. The lowest BCUT2D eigenvalue weighted by atomic mass is 10.1. The monoisotopic (exact) mass is 188 g/mol. The van der Waals surface area contributed by atoms with Crippen LogP contribution in [0.4, 0.5) is 0 Å². The molecule has 0 spiro atoms. The van der Waals surface area contributed by atoms with Gasteiger partial charge < -0.3 is 10.5 Å². The molecule has 0 aromatic rings. The van der Waals surface area contributed by atoms with E-state index in [1.165, 1.54) is 11.8 Å². The Labute approximate surface area is 77.6 Å². The van der Waals surface area contributed by atoms with Crippen molar-refractivity contribution in [3.63, 3.8) is 0 Å². The summed E-state index contributed by atoms with van der Waals surface area (Å²) in [4.78, 5) is 10.7. The van der Waals surface area contributed by atoms with E-state index in [1.54, 1.807) is 6.92 Å². The predicted molar refractivity (Wildman–Crippen MR) is 53.5 cm³/mol. The number of nitrogens with one attached hydrogen (secondary N) is 1. The fourth-order valence-electron chi connectivity index (χ4n) is 0.826. The summed E-state index contributed by atoms with van der Waals surface area (Å²) in [5.74, 6) is 0.187. The molecule has 0 unspecified atom stereocenters. The Kier molecular flexibility index (Phi) is 4.31. The Morgan fingerprint density at radius 1 is 1.58 bits per heavy atom. The molecule has 0 aliphatic rings. The Morgan fingerprint density at radius 2 is 2.08 bits per heavy atom. The highest BCUT2D eigenvalue weighted by atomic mass is 32.2. The summed E-state index contributed by atoms with van der Waals surface area (Å²) in [6, 6.07) is 0. The average molecular weight is 188 g/mol. The quantitative estimate of drug-likeness (QED) is 0.522. The molecule has 0 aliphatic carbocycles. The van der Waals surface area contributed by atoms with Crippen LogP contribution >= 0.6 is 11.8 Å². The molecule has 0 amide bonds. The number of nitrogens with two attached hydrogens (primary N) is 1. The molecule has 4 heteroatoms. The van der Waals surface area contributed by atoms with Gasteiger partial charge in [-0.2, -0.15) is 0 Å². The molecule has 0 atom stereocenters. The lowest BCUT2D eigenvalue weighted by Gasteiger charge is -2.21. The molecular formula is C8H16N2OS. The van der Waals surface area contributed by atoms with Gasteiger partial charge in [-0.3, -0.25) is 5.41 Å². The molecule has 0 radical (unpaired) electrons. The van der Waals surface area contributed by atoms with Crippen LogP contribution in [-0.2, 0) is 4.79 Å². The minimum atomic E-state index is -0.0997. The minimum Gasteiger partial charge on any atom is -0.379 e. The standard InChI is InChI=1S/C8H16N2OS/c1-6(11)4-5-8(2,3)12-7(9)10/h4-5H2,1-3H3,(H3,9,10). The summed E-state index contributed by atoms with van der Waals surface area (Å²) < 4.78 is -0.0997. The van der Waals surface area contributed by atoms with Crippen molar-refractivity contribution in [1.82, 2.24) is 0 Å². The van der Waals surface area contributed by atoms with E-state index < -0.39 is 0 Å². The highest BCUT2D eigenvalue weighted by Crippen LogP contribution is 2.28. The number of hydrogen-bond acceptors (Lipinski definition) is 3. The Balaban J connectivity index is 3.86. The first-order valence-electron chi connectivity index (χ1n) is 3.86. The predicted octanol–water partition coefficient (Wildman–Crippen LogP) is 1.76. The molecule has 0 saturated heterocycles. The summed E-state index contributed by atoms with van der Waals surface area (Å²) in [6.45, 7) is 5.55. The van der Waals surface area contributed by atoms with Crippen molar-refractivity contribution in [3.05, 3.63) is 0 Å². The van der Waals surface area contributed by atoms with Crippen molar-refractivity contribution in [2.45, 2.75) is 38.4 Å². The first-order chi connectivity index (χ1) is 5.33. The molecule has 0 saturated carbocycles. The average Bonchev–Trinajstić information content (AvgIpc) is 1.81. The van der Waals surface area contributed by atoms with Gasteiger partial charge in [0.25, 0.3) is 0 Å². The van der Waals surface area contributed by atoms with Crippen molar-refractivity contribution < 1.29 is 4.79 Å². The topological polar surface area (TPSA) is 66.9 Å². The van der Waals surface area contributed by atoms with Crippen LogP contribution in [0.25, 0.3) is 0 Å². The third-order valence-electron chi connectivity index (χ3n) is 1.47.